The Labute approximate surface area is 293 Å². The smallest absolute Gasteiger partial charge is 0.264 e. The number of nitrogens with one attached hydrogen (secondary N) is 2. The molecule has 12 nitrogen and oxygen atoms in total. The Morgan fingerprint density at radius 3 is 2.50 bits per heavy atom. The van der Waals surface area contributed by atoms with Crippen LogP contribution in [0.1, 0.15) is 59.9 Å². The van der Waals surface area contributed by atoms with Crippen molar-refractivity contribution >= 4 is 39.1 Å². The van der Waals surface area contributed by atoms with Gasteiger partial charge >= 0.3 is 0 Å². The van der Waals surface area contributed by atoms with Gasteiger partial charge < -0.3 is 29.3 Å². The zero-order valence-electron chi connectivity index (χ0n) is 29.5. The number of rotatable bonds is 11. The van der Waals surface area contributed by atoms with Gasteiger partial charge in [-0.05, 0) is 62.1 Å². The molecule has 3 aromatic carbocycles. The molecular weight excluding hydrogens is 657 g/mol. The molecule has 1 aromatic heterocycles. The fourth-order valence-electron chi connectivity index (χ4n) is 6.52. The van der Waals surface area contributed by atoms with Gasteiger partial charge in [0.15, 0.2) is 0 Å². The predicted octanol–water partition coefficient (Wildman–Crippen LogP) is 5.97. The van der Waals surface area contributed by atoms with Gasteiger partial charge in [0.2, 0.25) is 18.1 Å². The Balaban J connectivity index is 1.43. The van der Waals surface area contributed by atoms with E-state index in [9.17, 15) is 18.0 Å². The van der Waals surface area contributed by atoms with Crippen molar-refractivity contribution in [3.63, 3.8) is 0 Å². The van der Waals surface area contributed by atoms with Crippen molar-refractivity contribution in [1.82, 2.24) is 15.0 Å². The minimum absolute atomic E-state index is 0.0495. The topological polar surface area (TPSA) is 137 Å². The summed E-state index contributed by atoms with van der Waals surface area (Å²) in [7, 11) is -0.656. The van der Waals surface area contributed by atoms with Crippen LogP contribution in [0.5, 0.6) is 0 Å². The van der Waals surface area contributed by atoms with Crippen LogP contribution in [0.15, 0.2) is 70.1 Å². The predicted molar refractivity (Wildman–Crippen MR) is 192 cm³/mol. The van der Waals surface area contributed by atoms with Crippen LogP contribution >= 0.6 is 0 Å². The number of carbonyl (C=O) groups excluding carboxylic acids is 2. The van der Waals surface area contributed by atoms with Gasteiger partial charge in [0, 0.05) is 56.9 Å². The second-order valence-corrected chi connectivity index (χ2v) is 15.3. The number of anilines is 3. The normalized spacial score (nSPS) is 16.8. The van der Waals surface area contributed by atoms with Crippen LogP contribution in [0.25, 0.3) is 11.1 Å². The van der Waals surface area contributed by atoms with E-state index in [0.717, 1.165) is 28.9 Å². The highest BCUT2D eigenvalue weighted by Crippen LogP contribution is 2.41. The average Bonchev–Trinajstić information content (AvgIpc) is 3.68. The summed E-state index contributed by atoms with van der Waals surface area (Å²) in [4.78, 5) is 32.2. The minimum Gasteiger partial charge on any atom is -0.345 e. The van der Waals surface area contributed by atoms with Crippen molar-refractivity contribution in [2.45, 2.75) is 65.4 Å². The number of nitrogens with zero attached hydrogens (tertiary/aromatic N) is 4. The van der Waals surface area contributed by atoms with Crippen molar-refractivity contribution < 1.29 is 27.3 Å². The van der Waals surface area contributed by atoms with E-state index in [2.05, 4.69) is 15.2 Å². The molecule has 50 heavy (non-hydrogen) atoms. The summed E-state index contributed by atoms with van der Waals surface area (Å²) < 4.78 is 41.7. The Kier molecular flexibility index (Phi) is 9.40. The molecule has 1 atom stereocenters. The molecule has 13 heteroatoms. The number of hydrogen-bond donors (Lipinski definition) is 2. The molecule has 2 aliphatic heterocycles. The molecule has 3 heterocycles. The number of para-hydroxylation sites is 1. The number of carbonyl (C=O) groups is 2. The molecule has 6 rings (SSSR count). The Bertz CT molecular complexity index is 2060. The van der Waals surface area contributed by atoms with Crippen LogP contribution in [-0.4, -0.2) is 68.8 Å². The Hall–Kier alpha value is -4.88. The molecule has 1 fully saturated rings. The third-order valence-corrected chi connectivity index (χ3v) is 10.8. The lowest BCUT2D eigenvalue weighted by molar-refractivity contribution is -0.135. The van der Waals surface area contributed by atoms with E-state index < -0.39 is 21.8 Å². The first-order valence-electron chi connectivity index (χ1n) is 16.7. The van der Waals surface area contributed by atoms with Gasteiger partial charge in [-0.15, -0.1) is 0 Å². The monoisotopic (exact) mass is 700 g/mol. The molecule has 4 aromatic rings. The standard InChI is InChI=1S/C37H44N6O6S/c1-8-48-36-38-30-14-11-13-29(34(44)41(6)7)32(30)43(36)21-25-16-17-27(26(20-25)22-42-19-18-37(4,5)35(42)45)28-12-9-10-15-31(28)50(46,47)40-33-23(2)24(3)39-49-33/h9-17,20,36,38,40H,8,18-19,21-22H2,1-7H3. The number of benzene rings is 3. The number of sulfonamides is 1. The zero-order chi connectivity index (χ0) is 36.0. The van der Waals surface area contributed by atoms with Crippen LogP contribution in [-0.2, 0) is 32.6 Å². The lowest BCUT2D eigenvalue weighted by atomic mass is 9.92. The molecule has 2 N–H and O–H groups in total. The van der Waals surface area contributed by atoms with Crippen LogP contribution in [0.2, 0.25) is 0 Å². The van der Waals surface area contributed by atoms with E-state index >= 15 is 0 Å². The summed E-state index contributed by atoms with van der Waals surface area (Å²) in [5.41, 5.74) is 5.65. The number of likely N-dealkylation sites (tertiary alicyclic amines) is 1. The van der Waals surface area contributed by atoms with Gasteiger partial charge in [0.1, 0.15) is 0 Å². The fourth-order valence-corrected chi connectivity index (χ4v) is 7.79. The largest absolute Gasteiger partial charge is 0.345 e. The molecule has 0 aliphatic carbocycles. The molecule has 1 saturated heterocycles. The number of hydrogen-bond acceptors (Lipinski definition) is 9. The number of aromatic nitrogens is 1. The lowest BCUT2D eigenvalue weighted by Crippen LogP contribution is -2.38. The maximum Gasteiger partial charge on any atom is 0.264 e. The van der Waals surface area contributed by atoms with Gasteiger partial charge in [0.05, 0.1) is 27.5 Å². The molecule has 264 valence electrons. The summed E-state index contributed by atoms with van der Waals surface area (Å²) in [5, 5.41) is 7.30. The third-order valence-electron chi connectivity index (χ3n) is 9.45. The number of ether oxygens (including phenoxy) is 1. The second kappa shape index (κ2) is 13.4. The van der Waals surface area contributed by atoms with Gasteiger partial charge in [-0.25, -0.2) is 13.1 Å². The van der Waals surface area contributed by atoms with Gasteiger partial charge in [0.25, 0.3) is 15.9 Å². The third kappa shape index (κ3) is 6.54. The number of fused-ring (bicyclic) bond motifs is 1. The van der Waals surface area contributed by atoms with E-state index in [4.69, 9.17) is 9.26 Å². The molecule has 0 radical (unpaired) electrons. The number of amides is 2. The second-order valence-electron chi connectivity index (χ2n) is 13.7. The Morgan fingerprint density at radius 1 is 1.08 bits per heavy atom. The van der Waals surface area contributed by atoms with E-state index in [-0.39, 0.29) is 22.6 Å². The van der Waals surface area contributed by atoms with Gasteiger partial charge in [-0.1, -0.05) is 61.5 Å². The molecule has 0 spiro atoms. The maximum atomic E-state index is 13.9. The summed E-state index contributed by atoms with van der Waals surface area (Å²) in [6, 6.07) is 18.3. The first-order chi connectivity index (χ1) is 23.7. The van der Waals surface area contributed by atoms with Gasteiger partial charge in [-0.3, -0.25) is 9.59 Å². The Morgan fingerprint density at radius 2 is 1.84 bits per heavy atom. The van der Waals surface area contributed by atoms with Crippen molar-refractivity contribution in [2.75, 3.05) is 42.2 Å². The SMILES string of the molecule is CCOC1Nc2cccc(C(=O)N(C)C)c2N1Cc1ccc(-c2ccccc2S(=O)(=O)Nc2onc(C)c2C)c(CN2CCC(C)(C)C2=O)c1. The first-order valence-corrected chi connectivity index (χ1v) is 18.2. The van der Waals surface area contributed by atoms with E-state index in [1.807, 2.05) is 67.0 Å². The summed E-state index contributed by atoms with van der Waals surface area (Å²) in [6.45, 7) is 11.0. The maximum absolute atomic E-state index is 13.9. The molecule has 2 aliphatic rings. The summed E-state index contributed by atoms with van der Waals surface area (Å²) in [6.07, 6.45) is 0.205. The van der Waals surface area contributed by atoms with Crippen molar-refractivity contribution in [3.05, 3.63) is 88.6 Å². The highest BCUT2D eigenvalue weighted by atomic mass is 32.2. The molecule has 0 saturated carbocycles. The average molecular weight is 701 g/mol. The van der Waals surface area contributed by atoms with Crippen LogP contribution in [0.3, 0.4) is 0 Å². The van der Waals surface area contributed by atoms with E-state index in [1.165, 1.54) is 0 Å². The summed E-state index contributed by atoms with van der Waals surface area (Å²) in [5.74, 6) is -0.0131. The quantitative estimate of drug-likeness (QED) is 0.194. The van der Waals surface area contributed by atoms with Crippen LogP contribution in [0.4, 0.5) is 17.3 Å². The number of aryl methyl sites for hydroxylation is 1. The molecule has 1 unspecified atom stereocenters. The van der Waals surface area contributed by atoms with E-state index in [1.54, 1.807) is 57.1 Å². The van der Waals surface area contributed by atoms with Crippen molar-refractivity contribution in [3.8, 4) is 11.1 Å². The minimum atomic E-state index is -4.10. The lowest BCUT2D eigenvalue weighted by Gasteiger charge is -2.28. The van der Waals surface area contributed by atoms with E-state index in [0.29, 0.717) is 54.2 Å². The molecule has 0 bridgehead atoms. The first kappa shape index (κ1) is 35.0. The molecular formula is C37H44N6O6S. The molecule has 2 amide bonds. The van der Waals surface area contributed by atoms with Crippen molar-refractivity contribution in [2.24, 2.45) is 5.41 Å². The zero-order valence-corrected chi connectivity index (χ0v) is 30.3. The fraction of sp³-hybridized carbons (Fsp3) is 0.378. The van der Waals surface area contributed by atoms with Crippen molar-refractivity contribution in [1.29, 1.82) is 0 Å². The highest BCUT2D eigenvalue weighted by molar-refractivity contribution is 7.92. The highest BCUT2D eigenvalue weighted by Gasteiger charge is 2.39. The summed E-state index contributed by atoms with van der Waals surface area (Å²) >= 11 is 0. The van der Waals surface area contributed by atoms with Crippen LogP contribution < -0.4 is 14.9 Å². The van der Waals surface area contributed by atoms with Gasteiger partial charge in [-0.2, -0.15) is 0 Å². The van der Waals surface area contributed by atoms with Crippen LogP contribution in [0, 0.1) is 19.3 Å².